The van der Waals surface area contributed by atoms with Gasteiger partial charge in [-0.15, -0.1) is 5.09 Å². The van der Waals surface area contributed by atoms with Crippen LogP contribution in [0.25, 0.3) is 11.1 Å². The predicted molar refractivity (Wildman–Crippen MR) is 95.8 cm³/mol. The maximum atomic E-state index is 5.70. The summed E-state index contributed by atoms with van der Waals surface area (Å²) in [5.41, 5.74) is 2.52. The molecule has 108 valence electrons. The minimum atomic E-state index is -0.646. The molecule has 1 nitrogen and oxygen atoms in total. The topological polar surface area (TPSA) is 12.0 Å². The molecule has 2 aromatic rings. The molecule has 3 rings (SSSR count). The molecule has 2 aromatic carbocycles. The Balaban J connectivity index is 1.67. The van der Waals surface area contributed by atoms with Crippen LogP contribution in [0.1, 0.15) is 32.1 Å². The summed E-state index contributed by atoms with van der Waals surface area (Å²) in [6.45, 7) is -0.646. The summed E-state index contributed by atoms with van der Waals surface area (Å²) in [6, 6.07) is 19.9. The van der Waals surface area contributed by atoms with Crippen molar-refractivity contribution in [2.24, 2.45) is 0 Å². The van der Waals surface area contributed by atoms with Crippen LogP contribution in [-0.2, 0) is 11.8 Å². The van der Waals surface area contributed by atoms with E-state index in [-0.39, 0.29) is 0 Å². The maximum absolute atomic E-state index is 5.70. The first-order valence-electron chi connectivity index (χ1n) is 7.72. The molecule has 1 aliphatic carbocycles. The average molecular weight is 314 g/mol. The molecule has 1 N–H and O–H groups in total. The Labute approximate surface area is 133 Å². The quantitative estimate of drug-likeness (QED) is 0.817. The van der Waals surface area contributed by atoms with Crippen molar-refractivity contribution in [2.75, 3.05) is 0 Å². The smallest absolute Gasteiger partial charge is 0.126 e. The van der Waals surface area contributed by atoms with Crippen molar-refractivity contribution in [3.8, 4) is 11.1 Å². The fourth-order valence-corrected chi connectivity index (χ4v) is 4.86. The van der Waals surface area contributed by atoms with Gasteiger partial charge in [-0.1, -0.05) is 49.6 Å². The molecule has 0 bridgehead atoms. The Kier molecular flexibility index (Phi) is 5.13. The van der Waals surface area contributed by atoms with E-state index in [9.17, 15) is 0 Å². The molecule has 0 aromatic heterocycles. The van der Waals surface area contributed by atoms with Crippen LogP contribution < -0.4 is 10.4 Å². The van der Waals surface area contributed by atoms with Crippen molar-refractivity contribution < 1.29 is 0 Å². The highest BCUT2D eigenvalue weighted by atomic mass is 32.4. The van der Waals surface area contributed by atoms with Crippen molar-refractivity contribution in [3.05, 3.63) is 54.6 Å². The molecular weight excluding hydrogens is 293 g/mol. The van der Waals surface area contributed by atoms with Gasteiger partial charge in [0, 0.05) is 6.04 Å². The van der Waals surface area contributed by atoms with E-state index < -0.39 is 6.85 Å². The van der Waals surface area contributed by atoms with E-state index in [0.29, 0.717) is 6.04 Å². The fourth-order valence-electron chi connectivity index (χ4n) is 2.89. The lowest BCUT2D eigenvalue weighted by molar-refractivity contribution is 0.422. The van der Waals surface area contributed by atoms with E-state index in [1.807, 2.05) is 0 Å². The van der Waals surface area contributed by atoms with Crippen LogP contribution in [0.3, 0.4) is 0 Å². The lowest BCUT2D eigenvalue weighted by Gasteiger charge is -2.18. The molecule has 0 radical (unpaired) electrons. The van der Waals surface area contributed by atoms with Gasteiger partial charge in [0.15, 0.2) is 17.1 Å². The van der Waals surface area contributed by atoms with Gasteiger partial charge in [-0.2, -0.15) is 0 Å². The second-order valence-electron chi connectivity index (χ2n) is 5.67. The molecule has 21 heavy (non-hydrogen) atoms. The first-order chi connectivity index (χ1) is 10.3. The summed E-state index contributed by atoms with van der Waals surface area (Å²) in [5, 5.41) is 4.94. The highest BCUT2D eigenvalue weighted by molar-refractivity contribution is 8.07. The van der Waals surface area contributed by atoms with E-state index in [0.717, 1.165) is 0 Å². The highest BCUT2D eigenvalue weighted by Crippen LogP contribution is 2.25. The molecule has 0 aliphatic heterocycles. The van der Waals surface area contributed by atoms with Gasteiger partial charge in [0.05, 0.1) is 0 Å². The third-order valence-corrected chi connectivity index (χ3v) is 6.43. The van der Waals surface area contributed by atoms with Crippen molar-refractivity contribution in [1.29, 1.82) is 0 Å². The van der Waals surface area contributed by atoms with Crippen LogP contribution in [0.4, 0.5) is 0 Å². The van der Waals surface area contributed by atoms with Gasteiger partial charge in [-0.05, 0) is 48.2 Å². The van der Waals surface area contributed by atoms with Crippen molar-refractivity contribution >= 4 is 24.0 Å². The van der Waals surface area contributed by atoms with Crippen LogP contribution in [0.5, 0.6) is 0 Å². The van der Waals surface area contributed by atoms with E-state index >= 15 is 0 Å². The summed E-state index contributed by atoms with van der Waals surface area (Å²) in [6.07, 6.45) is 6.67. The minimum Gasteiger partial charge on any atom is -0.126 e. The standard InChI is InChI=1S/C18H21NPS/c21-20(19-17-9-5-2-6-10-17)18-13-11-16(12-14-18)15-7-3-1-4-8-15/h1,3-4,7-8,11-14,17H,2,5-6,9-10H2,(H,19,21)/q+1. The number of hydrogen-bond donors (Lipinski definition) is 1. The lowest BCUT2D eigenvalue weighted by Crippen LogP contribution is -2.27. The van der Waals surface area contributed by atoms with Crippen molar-refractivity contribution in [3.63, 3.8) is 0 Å². The van der Waals surface area contributed by atoms with Crippen LogP contribution in [0.2, 0.25) is 0 Å². The fraction of sp³-hybridized carbons (Fsp3) is 0.333. The summed E-state index contributed by atoms with van der Waals surface area (Å²) in [4.78, 5) is 0. The van der Waals surface area contributed by atoms with Gasteiger partial charge in [0.2, 0.25) is 0 Å². The molecule has 1 atom stereocenters. The Morgan fingerprint density at radius 1 is 0.810 bits per heavy atom. The van der Waals surface area contributed by atoms with Crippen LogP contribution in [-0.4, -0.2) is 6.04 Å². The van der Waals surface area contributed by atoms with Crippen LogP contribution in [0, 0.1) is 0 Å². The molecule has 1 saturated carbocycles. The predicted octanol–water partition coefficient (Wildman–Crippen LogP) is 4.76. The number of rotatable bonds is 4. The summed E-state index contributed by atoms with van der Waals surface area (Å²) < 4.78 is 0. The lowest BCUT2D eigenvalue weighted by atomic mass is 9.96. The van der Waals surface area contributed by atoms with E-state index in [2.05, 4.69) is 59.7 Å². The molecular formula is C18H21NPS+. The molecule has 0 amide bonds. The third-order valence-electron chi connectivity index (χ3n) is 4.11. The van der Waals surface area contributed by atoms with Crippen LogP contribution >= 0.6 is 6.85 Å². The number of hydrogen-bond acceptors (Lipinski definition) is 1. The average Bonchev–Trinajstić information content (AvgIpc) is 2.57. The van der Waals surface area contributed by atoms with Gasteiger partial charge >= 0.3 is 6.85 Å². The zero-order valence-electron chi connectivity index (χ0n) is 12.2. The SMILES string of the molecule is S=[P+](NC1CCCCC1)c1ccc(-c2ccccc2)cc1. The maximum Gasteiger partial charge on any atom is 0.303 e. The first kappa shape index (κ1) is 14.8. The molecule has 3 heteroatoms. The molecule has 0 heterocycles. The third kappa shape index (κ3) is 3.97. The summed E-state index contributed by atoms with van der Waals surface area (Å²) in [5.74, 6) is 0. The zero-order chi connectivity index (χ0) is 14.5. The molecule has 0 saturated heterocycles. The van der Waals surface area contributed by atoms with Gasteiger partial charge in [-0.3, -0.25) is 0 Å². The summed E-state index contributed by atoms with van der Waals surface area (Å²) >= 11 is 5.70. The van der Waals surface area contributed by atoms with Gasteiger partial charge < -0.3 is 0 Å². The number of nitrogens with one attached hydrogen (secondary N) is 1. The van der Waals surface area contributed by atoms with Gasteiger partial charge in [0.1, 0.15) is 0 Å². The van der Waals surface area contributed by atoms with E-state index in [1.165, 1.54) is 48.5 Å². The van der Waals surface area contributed by atoms with E-state index in [1.54, 1.807) is 0 Å². The largest absolute Gasteiger partial charge is 0.303 e. The second-order valence-corrected chi connectivity index (χ2v) is 8.13. The molecule has 0 spiro atoms. The Hall–Kier alpha value is -1.08. The van der Waals surface area contributed by atoms with Crippen LogP contribution in [0.15, 0.2) is 54.6 Å². The normalized spacial score (nSPS) is 16.7. The molecule has 1 aliphatic rings. The van der Waals surface area contributed by atoms with Gasteiger partial charge in [0.25, 0.3) is 0 Å². The monoisotopic (exact) mass is 314 g/mol. The van der Waals surface area contributed by atoms with Gasteiger partial charge in [-0.25, -0.2) is 0 Å². The first-order valence-corrected chi connectivity index (χ1v) is 10.1. The highest BCUT2D eigenvalue weighted by Gasteiger charge is 2.22. The number of benzene rings is 2. The second kappa shape index (κ2) is 7.26. The van der Waals surface area contributed by atoms with Crippen molar-refractivity contribution in [1.82, 2.24) is 5.09 Å². The zero-order valence-corrected chi connectivity index (χ0v) is 13.9. The minimum absolute atomic E-state index is 0.635. The van der Waals surface area contributed by atoms with E-state index in [4.69, 9.17) is 11.8 Å². The van der Waals surface area contributed by atoms with Crippen molar-refractivity contribution in [2.45, 2.75) is 38.1 Å². The summed E-state index contributed by atoms with van der Waals surface area (Å²) in [7, 11) is 0. The Morgan fingerprint density at radius 3 is 2.10 bits per heavy atom. The Morgan fingerprint density at radius 2 is 1.43 bits per heavy atom. The Bertz CT molecular complexity index is 588. The molecule has 1 fully saturated rings. The molecule has 1 unspecified atom stereocenters.